The van der Waals surface area contributed by atoms with Crippen molar-refractivity contribution >= 4 is 23.4 Å². The maximum absolute atomic E-state index is 13.7. The average Bonchev–Trinajstić information content (AvgIpc) is 2.69. The van der Waals surface area contributed by atoms with Gasteiger partial charge >= 0.3 is 0 Å². The number of halogens is 2. The summed E-state index contributed by atoms with van der Waals surface area (Å²) in [5.41, 5.74) is -0.421. The third-order valence-corrected chi connectivity index (χ3v) is 5.53. The molecule has 1 aromatic rings. The Balaban J connectivity index is 1.54. The number of hydrogen-bond donors (Lipinski definition) is 1. The first-order valence-corrected chi connectivity index (χ1v) is 9.50. The van der Waals surface area contributed by atoms with Crippen LogP contribution < -0.4 is 5.32 Å². The summed E-state index contributed by atoms with van der Waals surface area (Å²) in [5, 5.41) is 2.35. The molecule has 0 radical (unpaired) electrons. The number of Topliss-reactive ketones (excluding diaryl/α,β-unsaturated/α-hetero) is 2. The Morgan fingerprint density at radius 2 is 2.03 bits per heavy atom. The molecule has 3 aliphatic heterocycles. The molecule has 0 aromatic heterocycles. The van der Waals surface area contributed by atoms with Crippen LogP contribution in [0.25, 0.3) is 0 Å². The number of carbonyl (C=O) groups is 4. The topological polar surface area (TPSA) is 96.0 Å². The fraction of sp³-hybridized carbons (Fsp3) is 0.400. The summed E-state index contributed by atoms with van der Waals surface area (Å²) in [6.07, 6.45) is 1.23. The van der Waals surface area contributed by atoms with Crippen molar-refractivity contribution in [2.75, 3.05) is 13.2 Å². The standard InChI is InChI=1S/C20H19F2N3O5/c1-10-4-5-30-15-9-24-8-13(17(26)18(27)16(24)20(29)25(10)15)19(28)23-7-11-2-3-12(21)6-14(11)22/h2-3,6,8,10,15-16H,4-5,7,9H2,1H3,(H,23,28)/t10-,15+,16?/m1/s1. The van der Waals surface area contributed by atoms with Crippen molar-refractivity contribution in [3.05, 3.63) is 47.2 Å². The van der Waals surface area contributed by atoms with Crippen LogP contribution in [0.4, 0.5) is 8.78 Å². The summed E-state index contributed by atoms with van der Waals surface area (Å²) in [7, 11) is 0. The molecule has 1 unspecified atom stereocenters. The zero-order chi connectivity index (χ0) is 21.6. The van der Waals surface area contributed by atoms with E-state index in [2.05, 4.69) is 5.32 Å². The van der Waals surface area contributed by atoms with Crippen molar-refractivity contribution in [1.82, 2.24) is 15.1 Å². The molecule has 0 spiro atoms. The van der Waals surface area contributed by atoms with Crippen molar-refractivity contribution in [3.63, 3.8) is 0 Å². The molecule has 3 aliphatic rings. The lowest BCUT2D eigenvalue weighted by Gasteiger charge is -2.49. The highest BCUT2D eigenvalue weighted by Crippen LogP contribution is 2.29. The summed E-state index contributed by atoms with van der Waals surface area (Å²) >= 11 is 0. The van der Waals surface area contributed by atoms with Gasteiger partial charge in [-0.25, -0.2) is 8.78 Å². The highest BCUT2D eigenvalue weighted by Gasteiger charge is 2.51. The van der Waals surface area contributed by atoms with Crippen LogP contribution in [-0.2, 0) is 30.5 Å². The quantitative estimate of drug-likeness (QED) is 0.429. The van der Waals surface area contributed by atoms with Gasteiger partial charge in [-0.05, 0) is 19.4 Å². The minimum atomic E-state index is -1.32. The van der Waals surface area contributed by atoms with Crippen LogP contribution in [0.5, 0.6) is 0 Å². The molecule has 1 N–H and O–H groups in total. The lowest BCUT2D eigenvalue weighted by atomic mass is 9.92. The van der Waals surface area contributed by atoms with E-state index in [-0.39, 0.29) is 24.7 Å². The lowest BCUT2D eigenvalue weighted by Crippen LogP contribution is -2.69. The van der Waals surface area contributed by atoms with Crippen LogP contribution >= 0.6 is 0 Å². The molecule has 158 valence electrons. The molecule has 10 heteroatoms. The van der Waals surface area contributed by atoms with Crippen LogP contribution in [0, 0.1) is 11.6 Å². The molecule has 0 bridgehead atoms. The predicted molar refractivity (Wildman–Crippen MR) is 97.5 cm³/mol. The Kier molecular flexibility index (Phi) is 5.10. The van der Waals surface area contributed by atoms with E-state index in [1.807, 2.05) is 6.92 Å². The fourth-order valence-corrected chi connectivity index (χ4v) is 3.92. The molecule has 4 rings (SSSR count). The number of nitrogens with one attached hydrogen (secondary N) is 1. The summed E-state index contributed by atoms with van der Waals surface area (Å²) in [6.45, 7) is 2.15. The second kappa shape index (κ2) is 7.60. The molecule has 2 fully saturated rings. The van der Waals surface area contributed by atoms with E-state index in [0.717, 1.165) is 6.07 Å². The molecular weight excluding hydrogens is 400 g/mol. The molecule has 1 aromatic carbocycles. The number of ketones is 2. The van der Waals surface area contributed by atoms with Gasteiger partial charge in [0.1, 0.15) is 23.4 Å². The lowest BCUT2D eigenvalue weighted by molar-refractivity contribution is -0.185. The van der Waals surface area contributed by atoms with Crippen LogP contribution in [0.15, 0.2) is 30.0 Å². The molecule has 3 heterocycles. The number of nitrogens with zero attached hydrogens (tertiary/aromatic N) is 2. The van der Waals surface area contributed by atoms with E-state index in [1.54, 1.807) is 0 Å². The van der Waals surface area contributed by atoms with Crippen LogP contribution in [0.1, 0.15) is 18.9 Å². The average molecular weight is 419 g/mol. The SMILES string of the molecule is C[C@@H]1CCO[C@H]2CN3C=C(C(=O)NCc4ccc(F)cc4F)C(=O)C(=O)C3C(=O)N12. The van der Waals surface area contributed by atoms with Gasteiger partial charge < -0.3 is 19.9 Å². The Bertz CT molecular complexity index is 979. The second-order valence-corrected chi connectivity index (χ2v) is 7.46. The van der Waals surface area contributed by atoms with Crippen molar-refractivity contribution in [1.29, 1.82) is 0 Å². The van der Waals surface area contributed by atoms with E-state index >= 15 is 0 Å². The van der Waals surface area contributed by atoms with Gasteiger partial charge in [0.25, 0.3) is 11.8 Å². The summed E-state index contributed by atoms with van der Waals surface area (Å²) in [4.78, 5) is 53.3. The van der Waals surface area contributed by atoms with Crippen LogP contribution in [-0.4, -0.2) is 64.6 Å². The first-order valence-electron chi connectivity index (χ1n) is 9.50. The van der Waals surface area contributed by atoms with Crippen molar-refractivity contribution in [2.24, 2.45) is 0 Å². The monoisotopic (exact) mass is 419 g/mol. The Hall–Kier alpha value is -3.14. The third kappa shape index (κ3) is 3.36. The Morgan fingerprint density at radius 3 is 2.77 bits per heavy atom. The zero-order valence-corrected chi connectivity index (χ0v) is 16.1. The van der Waals surface area contributed by atoms with Gasteiger partial charge in [-0.1, -0.05) is 6.07 Å². The number of benzene rings is 1. The highest BCUT2D eigenvalue weighted by molar-refractivity contribution is 6.53. The number of rotatable bonds is 3. The molecule has 0 saturated carbocycles. The minimum absolute atomic E-state index is 0.0196. The Labute approximate surface area is 170 Å². The van der Waals surface area contributed by atoms with Crippen LogP contribution in [0.3, 0.4) is 0 Å². The summed E-state index contributed by atoms with van der Waals surface area (Å²) in [5.74, 6) is -5.08. The number of fused-ring (bicyclic) bond motifs is 2. The van der Waals surface area contributed by atoms with Gasteiger partial charge in [-0.3, -0.25) is 19.2 Å². The van der Waals surface area contributed by atoms with Gasteiger partial charge in [0, 0.05) is 30.4 Å². The molecule has 8 nitrogen and oxygen atoms in total. The van der Waals surface area contributed by atoms with Crippen molar-refractivity contribution in [3.8, 4) is 0 Å². The fourth-order valence-electron chi connectivity index (χ4n) is 3.92. The Morgan fingerprint density at radius 1 is 1.27 bits per heavy atom. The largest absolute Gasteiger partial charge is 0.356 e. The number of ether oxygens (including phenoxy) is 1. The van der Waals surface area contributed by atoms with Gasteiger partial charge in [0.2, 0.25) is 11.6 Å². The molecule has 30 heavy (non-hydrogen) atoms. The normalized spacial score (nSPS) is 26.2. The predicted octanol–water partition coefficient (Wildman–Crippen LogP) is 0.264. The molecule has 2 saturated heterocycles. The maximum atomic E-state index is 13.7. The third-order valence-electron chi connectivity index (χ3n) is 5.53. The van der Waals surface area contributed by atoms with Crippen LogP contribution in [0.2, 0.25) is 0 Å². The molecule has 0 aliphatic carbocycles. The van der Waals surface area contributed by atoms with E-state index in [1.165, 1.54) is 22.1 Å². The van der Waals surface area contributed by atoms with Crippen molar-refractivity contribution in [2.45, 2.75) is 38.2 Å². The number of hydrogen-bond acceptors (Lipinski definition) is 6. The summed E-state index contributed by atoms with van der Waals surface area (Å²) in [6, 6.07) is 1.45. The number of amides is 2. The smallest absolute Gasteiger partial charge is 0.257 e. The number of piperazine rings is 1. The first kappa shape index (κ1) is 20.1. The highest BCUT2D eigenvalue weighted by atomic mass is 19.1. The molecule has 3 atom stereocenters. The van der Waals surface area contributed by atoms with Gasteiger partial charge in [-0.2, -0.15) is 0 Å². The van der Waals surface area contributed by atoms with E-state index in [9.17, 15) is 28.0 Å². The van der Waals surface area contributed by atoms with E-state index in [0.29, 0.717) is 19.1 Å². The molecule has 2 amide bonds. The maximum Gasteiger partial charge on any atom is 0.257 e. The van der Waals surface area contributed by atoms with Gasteiger partial charge in [0.15, 0.2) is 6.04 Å². The van der Waals surface area contributed by atoms with Gasteiger partial charge in [-0.15, -0.1) is 0 Å². The second-order valence-electron chi connectivity index (χ2n) is 7.46. The van der Waals surface area contributed by atoms with Crippen molar-refractivity contribution < 1.29 is 32.7 Å². The number of carbonyl (C=O) groups excluding carboxylic acids is 4. The summed E-state index contributed by atoms with van der Waals surface area (Å²) < 4.78 is 32.4. The van der Waals surface area contributed by atoms with Gasteiger partial charge in [0.05, 0.1) is 13.2 Å². The van der Waals surface area contributed by atoms with E-state index in [4.69, 9.17) is 4.74 Å². The minimum Gasteiger partial charge on any atom is -0.356 e. The van der Waals surface area contributed by atoms with E-state index < -0.39 is 52.9 Å². The first-order chi connectivity index (χ1) is 14.3. The zero-order valence-electron chi connectivity index (χ0n) is 16.1. The molecular formula is C20H19F2N3O5.